The molecule has 10 heteroatoms. The molecule has 1 amide bonds. The van der Waals surface area contributed by atoms with E-state index in [1.807, 2.05) is 18.2 Å². The van der Waals surface area contributed by atoms with Crippen LogP contribution in [-0.4, -0.2) is 63.1 Å². The predicted molar refractivity (Wildman–Crippen MR) is 140 cm³/mol. The Labute approximate surface area is 221 Å². The van der Waals surface area contributed by atoms with Crippen LogP contribution >= 0.6 is 0 Å². The number of nitrogens with zero attached hydrogens (tertiary/aromatic N) is 4. The third-order valence-corrected chi connectivity index (χ3v) is 6.81. The summed E-state index contributed by atoms with van der Waals surface area (Å²) in [4.78, 5) is 43.3. The molecule has 0 aromatic heterocycles. The molecule has 0 radical (unpaired) electrons. The Kier molecular flexibility index (Phi) is 7.67. The van der Waals surface area contributed by atoms with Crippen LogP contribution in [0, 0.1) is 11.3 Å². The number of piperazine rings is 1. The van der Waals surface area contributed by atoms with Crippen LogP contribution in [0.2, 0.25) is 0 Å². The van der Waals surface area contributed by atoms with Crippen molar-refractivity contribution in [1.82, 2.24) is 4.90 Å². The number of anilines is 2. The van der Waals surface area contributed by atoms with Crippen molar-refractivity contribution in [2.45, 2.75) is 12.8 Å². The van der Waals surface area contributed by atoms with E-state index in [1.165, 1.54) is 19.1 Å². The number of benzene rings is 2. The third-order valence-electron chi connectivity index (χ3n) is 6.81. The van der Waals surface area contributed by atoms with Crippen LogP contribution in [-0.2, 0) is 23.9 Å². The van der Waals surface area contributed by atoms with Gasteiger partial charge >= 0.3 is 11.9 Å². The van der Waals surface area contributed by atoms with E-state index in [4.69, 9.17) is 15.2 Å². The molecule has 1 atom stereocenters. The Balaban J connectivity index is 1.81. The van der Waals surface area contributed by atoms with Crippen molar-refractivity contribution in [2.75, 3.05) is 50.2 Å². The topological polar surface area (TPSA) is 129 Å². The fourth-order valence-electron chi connectivity index (χ4n) is 4.87. The van der Waals surface area contributed by atoms with Gasteiger partial charge in [0.25, 0.3) is 0 Å². The normalized spacial score (nSPS) is 17.7. The van der Waals surface area contributed by atoms with Gasteiger partial charge in [-0.1, -0.05) is 30.3 Å². The highest BCUT2D eigenvalue weighted by atomic mass is 16.5. The van der Waals surface area contributed by atoms with Gasteiger partial charge in [0, 0.05) is 44.5 Å². The molecule has 1 unspecified atom stereocenters. The number of hydrogen-bond donors (Lipinski definition) is 1. The van der Waals surface area contributed by atoms with E-state index in [9.17, 15) is 19.6 Å². The number of amides is 1. The van der Waals surface area contributed by atoms with E-state index >= 15 is 0 Å². The molecule has 0 saturated carbocycles. The lowest BCUT2D eigenvalue weighted by Gasteiger charge is -2.37. The maximum Gasteiger partial charge on any atom is 0.355 e. The molecule has 0 aliphatic carbocycles. The van der Waals surface area contributed by atoms with Gasteiger partial charge in [-0.3, -0.25) is 9.69 Å². The molecule has 2 aliphatic rings. The van der Waals surface area contributed by atoms with Gasteiger partial charge in [0.15, 0.2) is 0 Å². The minimum Gasteiger partial charge on any atom is -0.466 e. The van der Waals surface area contributed by atoms with Gasteiger partial charge in [0.2, 0.25) is 5.91 Å². The van der Waals surface area contributed by atoms with Crippen molar-refractivity contribution >= 4 is 29.2 Å². The first-order chi connectivity index (χ1) is 18.3. The van der Waals surface area contributed by atoms with Gasteiger partial charge in [0.05, 0.1) is 37.4 Å². The number of allylic oxidation sites excluding steroid dienone is 1. The summed E-state index contributed by atoms with van der Waals surface area (Å²) in [7, 11) is 2.43. The second-order valence-electron chi connectivity index (χ2n) is 8.84. The van der Waals surface area contributed by atoms with Crippen molar-refractivity contribution in [3.8, 4) is 6.07 Å². The number of nitriles is 1. The van der Waals surface area contributed by atoms with Crippen molar-refractivity contribution in [3.05, 3.63) is 82.8 Å². The zero-order chi connectivity index (χ0) is 27.4. The molecule has 0 bridgehead atoms. The first-order valence-corrected chi connectivity index (χ1v) is 12.1. The maximum atomic E-state index is 13.2. The highest BCUT2D eigenvalue weighted by Gasteiger charge is 2.43. The van der Waals surface area contributed by atoms with Crippen molar-refractivity contribution in [3.63, 3.8) is 0 Å². The van der Waals surface area contributed by atoms with E-state index in [2.05, 4.69) is 11.0 Å². The lowest BCUT2D eigenvalue weighted by Crippen LogP contribution is -2.48. The summed E-state index contributed by atoms with van der Waals surface area (Å²) in [6.07, 6.45) is 0. The molecular weight excluding hydrogens is 486 g/mol. The number of esters is 2. The Hall–Kier alpha value is -4.78. The van der Waals surface area contributed by atoms with Crippen LogP contribution in [0.25, 0.3) is 0 Å². The van der Waals surface area contributed by atoms with E-state index < -0.39 is 17.9 Å². The molecule has 2 aromatic carbocycles. The number of rotatable bonds is 5. The van der Waals surface area contributed by atoms with Crippen LogP contribution in [0.3, 0.4) is 0 Å². The summed E-state index contributed by atoms with van der Waals surface area (Å²) in [6.45, 7) is 4.18. The Morgan fingerprint density at radius 2 is 1.47 bits per heavy atom. The molecule has 2 heterocycles. The third kappa shape index (κ3) is 4.78. The molecule has 1 saturated heterocycles. The number of carbonyl (C=O) groups is 3. The lowest BCUT2D eigenvalue weighted by molar-refractivity contribution is -0.139. The first kappa shape index (κ1) is 26.3. The standard InChI is InChI=1S/C28H29N5O5/c1-18(34)31-13-15-32(16-14-31)20-9-11-21(12-10-20)33-25(28(36)38-3)24(27(35)37-2)23(22(17-29)26(33)30)19-7-5-4-6-8-19/h4-12,23H,13-16,30H2,1-3H3. The number of nitrogens with two attached hydrogens (primary N) is 1. The molecule has 2 N–H and O–H groups in total. The van der Waals surface area contributed by atoms with Crippen LogP contribution in [0.1, 0.15) is 18.4 Å². The Bertz CT molecular complexity index is 1340. The zero-order valence-corrected chi connectivity index (χ0v) is 21.5. The van der Waals surface area contributed by atoms with Gasteiger partial charge in [-0.2, -0.15) is 5.26 Å². The zero-order valence-electron chi connectivity index (χ0n) is 21.5. The SMILES string of the molecule is COC(=O)C1=C(C(=O)OC)N(c2ccc(N3CCN(C(C)=O)CC3)cc2)C(N)=C(C#N)C1c1ccccc1. The predicted octanol–water partition coefficient (Wildman–Crippen LogP) is 2.25. The minimum absolute atomic E-state index is 0.0113. The summed E-state index contributed by atoms with van der Waals surface area (Å²) >= 11 is 0. The van der Waals surface area contributed by atoms with E-state index in [1.54, 1.807) is 48.2 Å². The molecule has 2 aromatic rings. The monoisotopic (exact) mass is 515 g/mol. The van der Waals surface area contributed by atoms with Gasteiger partial charge in [-0.05, 0) is 29.8 Å². The fraction of sp³-hybridized carbons (Fsp3) is 0.286. The molecule has 196 valence electrons. The summed E-state index contributed by atoms with van der Waals surface area (Å²) < 4.78 is 10.1. The molecular formula is C28H29N5O5. The average molecular weight is 516 g/mol. The average Bonchev–Trinajstić information content (AvgIpc) is 2.96. The fourth-order valence-corrected chi connectivity index (χ4v) is 4.87. The van der Waals surface area contributed by atoms with Gasteiger partial charge in [0.1, 0.15) is 11.5 Å². The maximum absolute atomic E-state index is 13.2. The highest BCUT2D eigenvalue weighted by molar-refractivity contribution is 6.06. The second kappa shape index (κ2) is 11.1. The Morgan fingerprint density at radius 1 is 0.895 bits per heavy atom. The largest absolute Gasteiger partial charge is 0.466 e. The van der Waals surface area contributed by atoms with E-state index in [0.29, 0.717) is 37.4 Å². The highest BCUT2D eigenvalue weighted by Crippen LogP contribution is 2.43. The molecule has 0 spiro atoms. The van der Waals surface area contributed by atoms with Gasteiger partial charge < -0.3 is 25.0 Å². The van der Waals surface area contributed by atoms with E-state index in [-0.39, 0.29) is 28.6 Å². The summed E-state index contributed by atoms with van der Waals surface area (Å²) in [5.74, 6) is -2.42. The molecule has 38 heavy (non-hydrogen) atoms. The summed E-state index contributed by atoms with van der Waals surface area (Å²) in [5, 5.41) is 10.1. The number of hydrogen-bond acceptors (Lipinski definition) is 9. The lowest BCUT2D eigenvalue weighted by atomic mass is 9.81. The number of carbonyl (C=O) groups excluding carboxylic acids is 3. The molecule has 1 fully saturated rings. The molecule has 4 rings (SSSR count). The quantitative estimate of drug-likeness (QED) is 0.596. The minimum atomic E-state index is -0.921. The summed E-state index contributed by atoms with van der Waals surface area (Å²) in [5.41, 5.74) is 8.49. The second-order valence-corrected chi connectivity index (χ2v) is 8.84. The van der Waals surface area contributed by atoms with Gasteiger partial charge in [-0.25, -0.2) is 9.59 Å². The van der Waals surface area contributed by atoms with Crippen LogP contribution in [0.4, 0.5) is 11.4 Å². The van der Waals surface area contributed by atoms with E-state index in [0.717, 1.165) is 5.69 Å². The number of ether oxygens (including phenoxy) is 2. The smallest absolute Gasteiger partial charge is 0.355 e. The van der Waals surface area contributed by atoms with Crippen LogP contribution < -0.4 is 15.5 Å². The van der Waals surface area contributed by atoms with Crippen LogP contribution in [0.15, 0.2) is 77.3 Å². The van der Waals surface area contributed by atoms with Crippen molar-refractivity contribution < 1.29 is 23.9 Å². The summed E-state index contributed by atoms with van der Waals surface area (Å²) in [6, 6.07) is 18.3. The van der Waals surface area contributed by atoms with Crippen molar-refractivity contribution in [1.29, 1.82) is 5.26 Å². The van der Waals surface area contributed by atoms with Crippen LogP contribution in [0.5, 0.6) is 0 Å². The number of methoxy groups -OCH3 is 2. The molecule has 2 aliphatic heterocycles. The van der Waals surface area contributed by atoms with Crippen molar-refractivity contribution in [2.24, 2.45) is 5.73 Å². The first-order valence-electron chi connectivity index (χ1n) is 12.1. The van der Waals surface area contributed by atoms with Gasteiger partial charge in [-0.15, -0.1) is 0 Å². The molecule has 10 nitrogen and oxygen atoms in total. The Morgan fingerprint density at radius 3 is 2.00 bits per heavy atom.